The number of amides is 2. The van der Waals surface area contributed by atoms with Gasteiger partial charge in [0, 0.05) is 39.7 Å². The van der Waals surface area contributed by atoms with Gasteiger partial charge in [0.25, 0.3) is 5.91 Å². The highest BCUT2D eigenvalue weighted by Crippen LogP contribution is 2.65. The Morgan fingerprint density at radius 1 is 0.865 bits per heavy atom. The summed E-state index contributed by atoms with van der Waals surface area (Å²) in [6.45, 7) is 0. The van der Waals surface area contributed by atoms with Gasteiger partial charge in [-0.05, 0) is 72.3 Å². The standard InChI is InChI=1S/C26H17Cl5N4O2/c27-15-10-14(11-16(28)12-15)22-23(26(22,30)31)25(37)34-18-4-7-21(29)20(13-18)24(36)33-17-2-5-19(6-3-17)35-9-1-8-32-35/h1-13,22-23H,(H,33,36)(H,34,37)/t22-,23+/m0/s1. The van der Waals surface area contributed by atoms with Gasteiger partial charge in [-0.3, -0.25) is 9.59 Å². The Bertz CT molecular complexity index is 1470. The van der Waals surface area contributed by atoms with Crippen LogP contribution in [0.2, 0.25) is 15.1 Å². The summed E-state index contributed by atoms with van der Waals surface area (Å²) < 4.78 is 0.378. The zero-order chi connectivity index (χ0) is 26.3. The van der Waals surface area contributed by atoms with Crippen molar-refractivity contribution < 1.29 is 9.59 Å². The number of carbonyl (C=O) groups excluding carboxylic acids is 2. The summed E-state index contributed by atoms with van der Waals surface area (Å²) in [5.74, 6) is -2.08. The molecule has 0 spiro atoms. The molecule has 0 saturated heterocycles. The van der Waals surface area contributed by atoms with Gasteiger partial charge in [-0.15, -0.1) is 23.2 Å². The van der Waals surface area contributed by atoms with Crippen molar-refractivity contribution in [1.29, 1.82) is 0 Å². The third kappa shape index (κ3) is 5.44. The molecule has 2 atom stereocenters. The summed E-state index contributed by atoms with van der Waals surface area (Å²) in [6, 6.07) is 18.5. The predicted molar refractivity (Wildman–Crippen MR) is 149 cm³/mol. The molecule has 1 fully saturated rings. The Hall–Kier alpha value is -2.74. The molecule has 11 heteroatoms. The summed E-state index contributed by atoms with van der Waals surface area (Å²) in [5.41, 5.74) is 2.64. The molecule has 1 aromatic heterocycles. The average molecular weight is 595 g/mol. The minimum atomic E-state index is -1.33. The third-order valence-corrected chi connectivity index (χ3v) is 7.66. The summed E-state index contributed by atoms with van der Waals surface area (Å²) in [4.78, 5) is 26.0. The first-order valence-corrected chi connectivity index (χ1v) is 12.9. The van der Waals surface area contributed by atoms with E-state index < -0.39 is 28.0 Å². The fourth-order valence-corrected chi connectivity index (χ4v) is 5.71. The van der Waals surface area contributed by atoms with Crippen LogP contribution >= 0.6 is 58.0 Å². The van der Waals surface area contributed by atoms with Crippen LogP contribution in [0.1, 0.15) is 21.8 Å². The van der Waals surface area contributed by atoms with Crippen molar-refractivity contribution in [2.75, 3.05) is 10.6 Å². The van der Waals surface area contributed by atoms with E-state index in [-0.39, 0.29) is 10.6 Å². The van der Waals surface area contributed by atoms with Crippen LogP contribution in [0.25, 0.3) is 5.69 Å². The summed E-state index contributed by atoms with van der Waals surface area (Å²) >= 11 is 31.4. The van der Waals surface area contributed by atoms with Gasteiger partial charge in [0.1, 0.15) is 4.33 Å². The first-order chi connectivity index (χ1) is 17.6. The number of hydrogen-bond acceptors (Lipinski definition) is 3. The lowest BCUT2D eigenvalue weighted by molar-refractivity contribution is -0.117. The fourth-order valence-electron chi connectivity index (χ4n) is 4.14. The van der Waals surface area contributed by atoms with Gasteiger partial charge in [-0.2, -0.15) is 5.10 Å². The van der Waals surface area contributed by atoms with E-state index >= 15 is 0 Å². The second-order valence-corrected chi connectivity index (χ2v) is 11.2. The summed E-state index contributed by atoms with van der Waals surface area (Å²) in [6.07, 6.45) is 3.50. The topological polar surface area (TPSA) is 76.0 Å². The zero-order valence-corrected chi connectivity index (χ0v) is 22.5. The van der Waals surface area contributed by atoms with Crippen LogP contribution in [0.15, 0.2) is 79.1 Å². The maximum Gasteiger partial charge on any atom is 0.257 e. The van der Waals surface area contributed by atoms with E-state index in [1.165, 1.54) is 12.1 Å². The van der Waals surface area contributed by atoms with Gasteiger partial charge in [0.2, 0.25) is 5.91 Å². The van der Waals surface area contributed by atoms with E-state index in [0.717, 1.165) is 5.69 Å². The molecule has 0 unspecified atom stereocenters. The van der Waals surface area contributed by atoms with Gasteiger partial charge >= 0.3 is 0 Å². The minimum Gasteiger partial charge on any atom is -0.326 e. The maximum atomic E-state index is 13.0. The van der Waals surface area contributed by atoms with Crippen LogP contribution in [-0.4, -0.2) is 25.9 Å². The molecule has 0 aliphatic heterocycles. The molecule has 3 aromatic carbocycles. The van der Waals surface area contributed by atoms with Gasteiger partial charge in [-0.25, -0.2) is 4.68 Å². The molecule has 4 aromatic rings. The Morgan fingerprint density at radius 2 is 1.54 bits per heavy atom. The SMILES string of the molecule is O=C(Nc1ccc(-n2cccn2)cc1)c1cc(NC(=O)[C@H]2[C@H](c3cc(Cl)cc(Cl)c3)C2(Cl)Cl)ccc1Cl. The molecule has 0 radical (unpaired) electrons. The predicted octanol–water partition coefficient (Wildman–Crippen LogP) is 7.61. The van der Waals surface area contributed by atoms with Crippen molar-refractivity contribution in [2.24, 2.45) is 5.92 Å². The van der Waals surface area contributed by atoms with Crippen molar-refractivity contribution in [3.05, 3.63) is 105 Å². The molecule has 1 aliphatic rings. The van der Waals surface area contributed by atoms with E-state index in [9.17, 15) is 9.59 Å². The third-order valence-electron chi connectivity index (χ3n) is 5.95. The van der Waals surface area contributed by atoms with Crippen LogP contribution in [0.3, 0.4) is 0 Å². The number of carbonyl (C=O) groups is 2. The molecule has 1 saturated carbocycles. The molecule has 1 heterocycles. The Kier molecular flexibility index (Phi) is 7.14. The molecular formula is C26H17Cl5N4O2. The lowest BCUT2D eigenvalue weighted by Crippen LogP contribution is -2.18. The Morgan fingerprint density at radius 3 is 2.19 bits per heavy atom. The van der Waals surface area contributed by atoms with Crippen LogP contribution in [0.5, 0.6) is 0 Å². The highest BCUT2D eigenvalue weighted by atomic mass is 35.5. The monoisotopic (exact) mass is 592 g/mol. The largest absolute Gasteiger partial charge is 0.326 e. The molecule has 37 heavy (non-hydrogen) atoms. The smallest absolute Gasteiger partial charge is 0.257 e. The van der Waals surface area contributed by atoms with E-state index in [4.69, 9.17) is 58.0 Å². The lowest BCUT2D eigenvalue weighted by Gasteiger charge is -2.11. The number of alkyl halides is 2. The first-order valence-electron chi connectivity index (χ1n) is 11.0. The van der Waals surface area contributed by atoms with Crippen molar-refractivity contribution in [1.82, 2.24) is 9.78 Å². The molecule has 6 nitrogen and oxygen atoms in total. The highest BCUT2D eigenvalue weighted by Gasteiger charge is 2.67. The van der Waals surface area contributed by atoms with E-state index in [1.807, 2.05) is 24.4 Å². The number of rotatable bonds is 6. The van der Waals surface area contributed by atoms with Crippen LogP contribution < -0.4 is 10.6 Å². The summed E-state index contributed by atoms with van der Waals surface area (Å²) in [5, 5.41) is 10.8. The van der Waals surface area contributed by atoms with Gasteiger partial charge in [0.05, 0.1) is 22.2 Å². The van der Waals surface area contributed by atoms with Crippen molar-refractivity contribution in [3.63, 3.8) is 0 Å². The average Bonchev–Trinajstić information content (AvgIpc) is 3.16. The number of benzene rings is 3. The van der Waals surface area contributed by atoms with E-state index in [0.29, 0.717) is 27.0 Å². The summed E-state index contributed by atoms with van der Waals surface area (Å²) in [7, 11) is 0. The number of anilines is 2. The molecule has 5 rings (SSSR count). The van der Waals surface area contributed by atoms with Crippen LogP contribution in [0, 0.1) is 5.92 Å². The first kappa shape index (κ1) is 25.9. The molecule has 2 amide bonds. The van der Waals surface area contributed by atoms with Crippen LogP contribution in [-0.2, 0) is 4.79 Å². The normalized spacial score (nSPS) is 17.8. The van der Waals surface area contributed by atoms with Gasteiger partial charge in [0.15, 0.2) is 0 Å². The van der Waals surface area contributed by atoms with Crippen molar-refractivity contribution >= 4 is 81.2 Å². The van der Waals surface area contributed by atoms with Crippen molar-refractivity contribution in [2.45, 2.75) is 10.3 Å². The lowest BCUT2D eigenvalue weighted by atomic mass is 10.1. The number of aromatic nitrogens is 2. The van der Waals surface area contributed by atoms with Crippen LogP contribution in [0.4, 0.5) is 11.4 Å². The van der Waals surface area contributed by atoms with Gasteiger partial charge in [-0.1, -0.05) is 34.8 Å². The number of hydrogen-bond donors (Lipinski definition) is 2. The minimum absolute atomic E-state index is 0.188. The molecule has 2 N–H and O–H groups in total. The number of nitrogens with zero attached hydrogens (tertiary/aromatic N) is 2. The molecular weight excluding hydrogens is 578 g/mol. The fraction of sp³-hybridized carbons (Fsp3) is 0.115. The van der Waals surface area contributed by atoms with E-state index in [1.54, 1.807) is 47.3 Å². The second-order valence-electron chi connectivity index (χ2n) is 8.47. The van der Waals surface area contributed by atoms with E-state index in [2.05, 4.69) is 15.7 Å². The van der Waals surface area contributed by atoms with Crippen molar-refractivity contribution in [3.8, 4) is 5.69 Å². The maximum absolute atomic E-state index is 13.0. The molecule has 0 bridgehead atoms. The number of halogens is 5. The molecule has 1 aliphatic carbocycles. The van der Waals surface area contributed by atoms with Gasteiger partial charge < -0.3 is 10.6 Å². The second kappa shape index (κ2) is 10.2. The Labute approximate surface area is 237 Å². The highest BCUT2D eigenvalue weighted by molar-refractivity contribution is 6.53. The Balaban J connectivity index is 1.29. The zero-order valence-electron chi connectivity index (χ0n) is 18.8. The number of nitrogens with one attached hydrogen (secondary N) is 2. The molecule has 188 valence electrons. The quantitative estimate of drug-likeness (QED) is 0.226.